The lowest BCUT2D eigenvalue weighted by atomic mass is 10.2. The molecule has 0 aromatic heterocycles. The van der Waals surface area contributed by atoms with Gasteiger partial charge in [-0.15, -0.1) is 0 Å². The quantitative estimate of drug-likeness (QED) is 0.748. The lowest BCUT2D eigenvalue weighted by Gasteiger charge is -2.07. The van der Waals surface area contributed by atoms with Crippen molar-refractivity contribution >= 4 is 17.3 Å². The summed E-state index contributed by atoms with van der Waals surface area (Å²) in [7, 11) is 0. The van der Waals surface area contributed by atoms with Crippen LogP contribution in [0.3, 0.4) is 0 Å². The Bertz CT molecular complexity index is 371. The molecule has 1 aromatic carbocycles. The number of nitriles is 1. The van der Waals surface area contributed by atoms with Gasteiger partial charge in [-0.05, 0) is 31.2 Å². The van der Waals surface area contributed by atoms with Gasteiger partial charge in [0.05, 0.1) is 10.6 Å². The summed E-state index contributed by atoms with van der Waals surface area (Å²) in [6, 6.07) is 7.40. The molecule has 0 radical (unpaired) electrons. The van der Waals surface area contributed by atoms with Gasteiger partial charge in [-0.3, -0.25) is 0 Å². The first-order valence-corrected chi connectivity index (χ1v) is 5.80. The molecular weight excluding hydrogens is 222 g/mol. The average Bonchev–Trinajstić information content (AvgIpc) is 2.29. The Hall–Kier alpha value is -1.24. The lowest BCUT2D eigenvalue weighted by molar-refractivity contribution is 0.688. The van der Waals surface area contributed by atoms with Gasteiger partial charge in [0.1, 0.15) is 6.07 Å². The normalized spacial score (nSPS) is 9.81. The van der Waals surface area contributed by atoms with Crippen molar-refractivity contribution in [2.24, 2.45) is 0 Å². The Kier molecular flexibility index (Phi) is 5.69. The first-order chi connectivity index (χ1) is 7.77. The van der Waals surface area contributed by atoms with Gasteiger partial charge in [0.2, 0.25) is 0 Å². The van der Waals surface area contributed by atoms with Crippen molar-refractivity contribution in [2.75, 3.05) is 25.0 Å². The molecule has 0 aliphatic heterocycles. The first kappa shape index (κ1) is 12.8. The smallest absolute Gasteiger partial charge is 0.101 e. The molecule has 86 valence electrons. The van der Waals surface area contributed by atoms with Crippen molar-refractivity contribution in [3.05, 3.63) is 28.8 Å². The van der Waals surface area contributed by atoms with E-state index in [-0.39, 0.29) is 0 Å². The van der Waals surface area contributed by atoms with Crippen LogP contribution < -0.4 is 10.6 Å². The Labute approximate surface area is 101 Å². The third-order valence-electron chi connectivity index (χ3n) is 2.15. The second-order valence-electron chi connectivity index (χ2n) is 3.48. The minimum absolute atomic E-state index is 0.494. The van der Waals surface area contributed by atoms with Crippen LogP contribution in [0.1, 0.15) is 18.9 Å². The Balaban J connectivity index is 2.38. The molecule has 4 heteroatoms. The van der Waals surface area contributed by atoms with E-state index in [0.717, 1.165) is 31.7 Å². The Morgan fingerprint density at radius 1 is 1.31 bits per heavy atom. The van der Waals surface area contributed by atoms with E-state index < -0.39 is 0 Å². The molecule has 0 bridgehead atoms. The fourth-order valence-corrected chi connectivity index (χ4v) is 1.54. The summed E-state index contributed by atoms with van der Waals surface area (Å²) in [5.41, 5.74) is 1.46. The summed E-state index contributed by atoms with van der Waals surface area (Å²) < 4.78 is 0. The molecule has 0 saturated heterocycles. The second kappa shape index (κ2) is 7.10. The molecule has 0 heterocycles. The van der Waals surface area contributed by atoms with Gasteiger partial charge >= 0.3 is 0 Å². The molecule has 0 unspecified atom stereocenters. The largest absolute Gasteiger partial charge is 0.384 e. The average molecular weight is 238 g/mol. The fraction of sp³-hybridized carbons (Fsp3) is 0.417. The zero-order valence-electron chi connectivity index (χ0n) is 9.39. The van der Waals surface area contributed by atoms with Crippen LogP contribution in [0.2, 0.25) is 5.02 Å². The molecule has 0 aliphatic carbocycles. The predicted molar refractivity (Wildman–Crippen MR) is 67.8 cm³/mol. The highest BCUT2D eigenvalue weighted by Gasteiger charge is 1.99. The van der Waals surface area contributed by atoms with E-state index in [9.17, 15) is 0 Å². The van der Waals surface area contributed by atoms with Crippen LogP contribution in [0.4, 0.5) is 5.69 Å². The second-order valence-corrected chi connectivity index (χ2v) is 3.89. The highest BCUT2D eigenvalue weighted by atomic mass is 35.5. The number of benzene rings is 1. The fourth-order valence-electron chi connectivity index (χ4n) is 1.31. The van der Waals surface area contributed by atoms with Gasteiger partial charge in [-0.2, -0.15) is 5.26 Å². The maximum atomic E-state index is 8.72. The first-order valence-electron chi connectivity index (χ1n) is 5.42. The molecule has 3 nitrogen and oxygen atoms in total. The van der Waals surface area contributed by atoms with Crippen LogP contribution in [0.25, 0.3) is 0 Å². The summed E-state index contributed by atoms with van der Waals surface area (Å²) in [6.45, 7) is 4.95. The highest BCUT2D eigenvalue weighted by molar-refractivity contribution is 6.32. The number of rotatable bonds is 6. The maximum absolute atomic E-state index is 8.72. The summed E-state index contributed by atoms with van der Waals surface area (Å²) in [5, 5.41) is 15.7. The van der Waals surface area contributed by atoms with E-state index in [2.05, 4.69) is 17.6 Å². The topological polar surface area (TPSA) is 47.8 Å². The van der Waals surface area contributed by atoms with Crippen LogP contribution in [0.15, 0.2) is 18.2 Å². The number of nitrogens with zero attached hydrogens (tertiary/aromatic N) is 1. The molecule has 0 saturated carbocycles. The summed E-state index contributed by atoms with van der Waals surface area (Å²) in [4.78, 5) is 0. The number of halogens is 1. The Morgan fingerprint density at radius 2 is 2.12 bits per heavy atom. The van der Waals surface area contributed by atoms with E-state index >= 15 is 0 Å². The van der Waals surface area contributed by atoms with Crippen molar-refractivity contribution in [2.45, 2.75) is 13.3 Å². The number of hydrogen-bond acceptors (Lipinski definition) is 3. The molecule has 1 aromatic rings. The highest BCUT2D eigenvalue weighted by Crippen LogP contribution is 2.19. The maximum Gasteiger partial charge on any atom is 0.101 e. The van der Waals surface area contributed by atoms with E-state index in [4.69, 9.17) is 16.9 Å². The lowest BCUT2D eigenvalue weighted by Crippen LogP contribution is -2.22. The summed E-state index contributed by atoms with van der Waals surface area (Å²) in [6.07, 6.45) is 1.14. The van der Waals surface area contributed by atoms with Crippen molar-refractivity contribution in [3.8, 4) is 6.07 Å². The minimum atomic E-state index is 0.494. The number of hydrogen-bond donors (Lipinski definition) is 2. The van der Waals surface area contributed by atoms with Crippen molar-refractivity contribution < 1.29 is 0 Å². The van der Waals surface area contributed by atoms with E-state index in [0.29, 0.717) is 10.6 Å². The summed E-state index contributed by atoms with van der Waals surface area (Å²) >= 11 is 5.91. The van der Waals surface area contributed by atoms with Crippen LogP contribution >= 0.6 is 11.6 Å². The molecule has 2 N–H and O–H groups in total. The van der Waals surface area contributed by atoms with E-state index in [1.807, 2.05) is 12.1 Å². The zero-order chi connectivity index (χ0) is 11.8. The van der Waals surface area contributed by atoms with Gasteiger partial charge in [0, 0.05) is 18.8 Å². The molecule has 0 fully saturated rings. The SMILES string of the molecule is CCCNCCNc1ccc(C#N)c(Cl)c1. The molecule has 0 spiro atoms. The third kappa shape index (κ3) is 4.09. The van der Waals surface area contributed by atoms with E-state index in [1.54, 1.807) is 12.1 Å². The molecule has 1 rings (SSSR count). The minimum Gasteiger partial charge on any atom is -0.384 e. The van der Waals surface area contributed by atoms with Crippen LogP contribution in [-0.2, 0) is 0 Å². The molecular formula is C12H16ClN3. The van der Waals surface area contributed by atoms with Crippen LogP contribution in [0.5, 0.6) is 0 Å². The van der Waals surface area contributed by atoms with Gasteiger partial charge in [0.25, 0.3) is 0 Å². The molecule has 0 aliphatic rings. The third-order valence-corrected chi connectivity index (χ3v) is 2.46. The number of anilines is 1. The standard InChI is InChI=1S/C12H16ClN3/c1-2-5-15-6-7-16-11-4-3-10(9-14)12(13)8-11/h3-4,8,15-16H,2,5-7H2,1H3. The Morgan fingerprint density at radius 3 is 2.75 bits per heavy atom. The zero-order valence-corrected chi connectivity index (χ0v) is 10.1. The monoisotopic (exact) mass is 237 g/mol. The van der Waals surface area contributed by atoms with Crippen molar-refractivity contribution in [1.29, 1.82) is 5.26 Å². The van der Waals surface area contributed by atoms with Crippen molar-refractivity contribution in [3.63, 3.8) is 0 Å². The van der Waals surface area contributed by atoms with E-state index in [1.165, 1.54) is 0 Å². The van der Waals surface area contributed by atoms with Crippen molar-refractivity contribution in [1.82, 2.24) is 5.32 Å². The predicted octanol–water partition coefficient (Wildman–Crippen LogP) is 2.62. The van der Waals surface area contributed by atoms with Gasteiger partial charge in [-0.25, -0.2) is 0 Å². The van der Waals surface area contributed by atoms with Gasteiger partial charge in [-0.1, -0.05) is 18.5 Å². The molecule has 0 atom stereocenters. The summed E-state index contributed by atoms with van der Waals surface area (Å²) in [5.74, 6) is 0. The van der Waals surface area contributed by atoms with Gasteiger partial charge < -0.3 is 10.6 Å². The van der Waals surface area contributed by atoms with Crippen LogP contribution in [-0.4, -0.2) is 19.6 Å². The number of nitrogens with one attached hydrogen (secondary N) is 2. The molecule has 16 heavy (non-hydrogen) atoms. The van der Waals surface area contributed by atoms with Crippen LogP contribution in [0, 0.1) is 11.3 Å². The van der Waals surface area contributed by atoms with Gasteiger partial charge in [0.15, 0.2) is 0 Å². The molecule has 0 amide bonds.